The van der Waals surface area contributed by atoms with E-state index in [-0.39, 0.29) is 23.0 Å². The predicted octanol–water partition coefficient (Wildman–Crippen LogP) is 2.66. The molecule has 3 heterocycles. The van der Waals surface area contributed by atoms with Crippen molar-refractivity contribution < 1.29 is 14.3 Å². The number of nitrogens with zero attached hydrogens (tertiary/aromatic N) is 2. The fourth-order valence-electron chi connectivity index (χ4n) is 5.25. The van der Waals surface area contributed by atoms with E-state index in [2.05, 4.69) is 4.90 Å². The second-order valence-electron chi connectivity index (χ2n) is 8.33. The first-order chi connectivity index (χ1) is 13.5. The van der Waals surface area contributed by atoms with Crippen molar-refractivity contribution in [3.8, 4) is 0 Å². The molecule has 3 N–H and O–H groups in total. The van der Waals surface area contributed by atoms with Gasteiger partial charge in [-0.2, -0.15) is 0 Å². The molecule has 2 aromatic rings. The van der Waals surface area contributed by atoms with Crippen LogP contribution in [0.3, 0.4) is 0 Å². The minimum Gasteiger partial charge on any atom is -0.477 e. The third-order valence-corrected chi connectivity index (χ3v) is 6.71. The quantitative estimate of drug-likeness (QED) is 0.848. The first-order valence-corrected chi connectivity index (χ1v) is 10.1. The number of pyridine rings is 1. The van der Waals surface area contributed by atoms with Crippen molar-refractivity contribution in [2.45, 2.75) is 50.6 Å². The van der Waals surface area contributed by atoms with Crippen LogP contribution in [-0.2, 0) is 6.42 Å². The lowest BCUT2D eigenvalue weighted by molar-refractivity contribution is 0.0695. The third kappa shape index (κ3) is 2.49. The standard InChI is InChI=1S/C21H24FN3O3/c22-16-8-14-18(25(12-4-5-12)10-15(20(14)26)21(27)28)13-2-1-3-17-11(9-23)6-7-24(17)19(13)16/h8,10-12,17H,1-7,9,23H2,(H,27,28)/t11-,17+/m1/s1. The summed E-state index contributed by atoms with van der Waals surface area (Å²) in [4.78, 5) is 26.6. The lowest BCUT2D eigenvalue weighted by Crippen LogP contribution is -2.35. The minimum absolute atomic E-state index is 0.185. The Bertz CT molecular complexity index is 1040. The van der Waals surface area contributed by atoms with Gasteiger partial charge in [-0.05, 0) is 57.1 Å². The molecule has 148 valence electrons. The summed E-state index contributed by atoms with van der Waals surface area (Å²) in [6.07, 6.45) is 6.87. The van der Waals surface area contributed by atoms with Crippen molar-refractivity contribution in [1.29, 1.82) is 0 Å². The summed E-state index contributed by atoms with van der Waals surface area (Å²) in [5.41, 5.74) is 7.26. The van der Waals surface area contributed by atoms with E-state index in [0.29, 0.717) is 24.6 Å². The van der Waals surface area contributed by atoms with E-state index in [1.165, 1.54) is 12.3 Å². The highest BCUT2D eigenvalue weighted by molar-refractivity contribution is 5.95. The monoisotopic (exact) mass is 385 g/mol. The Kier molecular flexibility index (Phi) is 3.98. The fraction of sp³-hybridized carbons (Fsp3) is 0.524. The number of carbonyl (C=O) groups is 1. The van der Waals surface area contributed by atoms with Gasteiger partial charge in [0.25, 0.3) is 0 Å². The Morgan fingerprint density at radius 2 is 2.07 bits per heavy atom. The summed E-state index contributed by atoms with van der Waals surface area (Å²) in [5, 5.41) is 9.65. The highest BCUT2D eigenvalue weighted by atomic mass is 19.1. The van der Waals surface area contributed by atoms with Gasteiger partial charge in [0.05, 0.1) is 11.2 Å². The molecule has 6 nitrogen and oxygen atoms in total. The summed E-state index contributed by atoms with van der Waals surface area (Å²) in [6.45, 7) is 1.36. The third-order valence-electron chi connectivity index (χ3n) is 6.71. The first kappa shape index (κ1) is 17.7. The minimum atomic E-state index is -1.26. The smallest absolute Gasteiger partial charge is 0.341 e. The molecule has 0 radical (unpaired) electrons. The summed E-state index contributed by atoms with van der Waals surface area (Å²) in [7, 11) is 0. The van der Waals surface area contributed by atoms with Gasteiger partial charge in [-0.3, -0.25) is 4.79 Å². The molecule has 1 saturated carbocycles. The van der Waals surface area contributed by atoms with Gasteiger partial charge in [-0.25, -0.2) is 9.18 Å². The van der Waals surface area contributed by atoms with Crippen LogP contribution >= 0.6 is 0 Å². The molecule has 0 bridgehead atoms. The van der Waals surface area contributed by atoms with Gasteiger partial charge in [0, 0.05) is 35.8 Å². The number of hydrogen-bond donors (Lipinski definition) is 2. The molecule has 5 rings (SSSR count). The zero-order valence-electron chi connectivity index (χ0n) is 15.7. The molecule has 28 heavy (non-hydrogen) atoms. The summed E-state index contributed by atoms with van der Waals surface area (Å²) in [6, 6.07) is 1.68. The second-order valence-corrected chi connectivity index (χ2v) is 8.33. The Hall–Kier alpha value is -2.41. The van der Waals surface area contributed by atoms with Gasteiger partial charge in [0.2, 0.25) is 5.43 Å². The Labute approximate surface area is 161 Å². The second kappa shape index (κ2) is 6.30. The lowest BCUT2D eigenvalue weighted by Gasteiger charge is -2.30. The maximum absolute atomic E-state index is 15.3. The number of carboxylic acids is 1. The van der Waals surface area contributed by atoms with Gasteiger partial charge in [-0.15, -0.1) is 0 Å². The number of hydrogen-bond acceptors (Lipinski definition) is 4. The van der Waals surface area contributed by atoms with Crippen LogP contribution < -0.4 is 16.1 Å². The van der Waals surface area contributed by atoms with Crippen LogP contribution in [-0.4, -0.2) is 34.8 Å². The van der Waals surface area contributed by atoms with Gasteiger partial charge in [0.15, 0.2) is 0 Å². The average molecular weight is 385 g/mol. The number of aryl methyl sites for hydroxylation is 1. The molecule has 1 aliphatic carbocycles. The van der Waals surface area contributed by atoms with Crippen molar-refractivity contribution >= 4 is 22.6 Å². The Morgan fingerprint density at radius 1 is 1.29 bits per heavy atom. The van der Waals surface area contributed by atoms with Crippen molar-refractivity contribution in [2.75, 3.05) is 18.0 Å². The van der Waals surface area contributed by atoms with E-state index >= 15 is 4.39 Å². The Morgan fingerprint density at radius 3 is 2.75 bits per heavy atom. The lowest BCUT2D eigenvalue weighted by atomic mass is 9.96. The van der Waals surface area contributed by atoms with Gasteiger partial charge in [-0.1, -0.05) is 0 Å². The van der Waals surface area contributed by atoms with E-state index in [0.717, 1.165) is 49.7 Å². The van der Waals surface area contributed by atoms with E-state index < -0.39 is 17.2 Å². The number of aromatic carboxylic acids is 1. The number of carboxylic acid groups (broad SMARTS) is 1. The van der Waals surface area contributed by atoms with Crippen LogP contribution in [0.4, 0.5) is 10.1 Å². The van der Waals surface area contributed by atoms with Crippen molar-refractivity contribution in [1.82, 2.24) is 4.57 Å². The Balaban J connectivity index is 1.82. The molecule has 1 saturated heterocycles. The molecule has 3 aliphatic rings. The number of fused-ring (bicyclic) bond motifs is 5. The van der Waals surface area contributed by atoms with Crippen molar-refractivity contribution in [2.24, 2.45) is 11.7 Å². The van der Waals surface area contributed by atoms with Crippen LogP contribution in [0.2, 0.25) is 0 Å². The maximum atomic E-state index is 15.3. The van der Waals surface area contributed by atoms with Crippen LogP contribution in [0.1, 0.15) is 54.1 Å². The van der Waals surface area contributed by atoms with E-state index in [1.807, 2.05) is 4.57 Å². The number of nitrogens with two attached hydrogens (primary N) is 1. The normalized spacial score (nSPS) is 24.1. The highest BCUT2D eigenvalue weighted by Crippen LogP contribution is 2.44. The summed E-state index contributed by atoms with van der Waals surface area (Å²) in [5.74, 6) is -1.32. The van der Waals surface area contributed by atoms with E-state index in [4.69, 9.17) is 5.73 Å². The van der Waals surface area contributed by atoms with E-state index in [1.54, 1.807) is 0 Å². The fourth-order valence-corrected chi connectivity index (χ4v) is 5.25. The number of anilines is 1. The van der Waals surface area contributed by atoms with Crippen molar-refractivity contribution in [3.05, 3.63) is 39.4 Å². The molecule has 0 unspecified atom stereocenters. The largest absolute Gasteiger partial charge is 0.477 e. The molecule has 2 atom stereocenters. The van der Waals surface area contributed by atoms with Crippen LogP contribution in [0.15, 0.2) is 17.1 Å². The first-order valence-electron chi connectivity index (χ1n) is 10.1. The van der Waals surface area contributed by atoms with Gasteiger partial charge >= 0.3 is 5.97 Å². The van der Waals surface area contributed by atoms with Crippen LogP contribution in [0.25, 0.3) is 10.9 Å². The summed E-state index contributed by atoms with van der Waals surface area (Å²) < 4.78 is 17.3. The number of aromatic nitrogens is 1. The molecule has 0 spiro atoms. The zero-order valence-corrected chi connectivity index (χ0v) is 15.7. The van der Waals surface area contributed by atoms with E-state index in [9.17, 15) is 14.7 Å². The highest BCUT2D eigenvalue weighted by Gasteiger charge is 2.39. The number of halogens is 1. The van der Waals surface area contributed by atoms with Gasteiger partial charge < -0.3 is 20.3 Å². The molecular formula is C21H24FN3O3. The molecular weight excluding hydrogens is 361 g/mol. The zero-order chi connectivity index (χ0) is 19.6. The van der Waals surface area contributed by atoms with Gasteiger partial charge in [0.1, 0.15) is 11.4 Å². The number of benzene rings is 1. The maximum Gasteiger partial charge on any atom is 0.341 e. The predicted molar refractivity (Wildman–Crippen MR) is 105 cm³/mol. The SMILES string of the molecule is NC[C@H]1CCN2c3c(F)cc4c(=O)c(C(=O)O)cn(C5CC5)c4c3CCC[C@@H]12. The molecule has 1 aromatic carbocycles. The molecule has 2 fully saturated rings. The molecule has 2 aliphatic heterocycles. The van der Waals surface area contributed by atoms with Crippen molar-refractivity contribution in [3.63, 3.8) is 0 Å². The van der Waals surface area contributed by atoms with Crippen LogP contribution in [0, 0.1) is 11.7 Å². The molecule has 1 aromatic heterocycles. The topological polar surface area (TPSA) is 88.6 Å². The molecule has 7 heteroatoms. The van der Waals surface area contributed by atoms with Crippen LogP contribution in [0.5, 0.6) is 0 Å². The number of rotatable bonds is 3. The molecule has 0 amide bonds. The average Bonchev–Trinajstić information content (AvgIpc) is 3.46. The summed E-state index contributed by atoms with van der Waals surface area (Å²) >= 11 is 0.